The first-order chi connectivity index (χ1) is 7.54. The quantitative estimate of drug-likeness (QED) is 0.798. The SMILES string of the molecule is CC1(c2cccnc2)OC(C(=O)O)=CC1=O. The molecule has 82 valence electrons. The van der Waals surface area contributed by atoms with E-state index in [0.717, 1.165) is 6.08 Å². The Morgan fingerprint density at radius 2 is 2.31 bits per heavy atom. The van der Waals surface area contributed by atoms with Gasteiger partial charge in [0.2, 0.25) is 11.5 Å². The smallest absolute Gasteiger partial charge is 0.371 e. The van der Waals surface area contributed by atoms with E-state index in [0.29, 0.717) is 5.56 Å². The normalized spacial score (nSPS) is 23.8. The largest absolute Gasteiger partial charge is 0.475 e. The fourth-order valence-electron chi connectivity index (χ4n) is 1.51. The maximum absolute atomic E-state index is 11.7. The van der Waals surface area contributed by atoms with Crippen LogP contribution in [0.4, 0.5) is 0 Å². The van der Waals surface area contributed by atoms with Crippen LogP contribution < -0.4 is 0 Å². The molecule has 1 N–H and O–H groups in total. The fourth-order valence-corrected chi connectivity index (χ4v) is 1.51. The third-order valence-electron chi connectivity index (χ3n) is 2.47. The van der Waals surface area contributed by atoms with Gasteiger partial charge >= 0.3 is 5.97 Å². The molecule has 0 fully saturated rings. The minimum atomic E-state index is -1.28. The molecule has 5 nitrogen and oxygen atoms in total. The number of hydrogen-bond acceptors (Lipinski definition) is 4. The van der Waals surface area contributed by atoms with E-state index in [9.17, 15) is 9.59 Å². The Balaban J connectivity index is 2.38. The number of aliphatic carboxylic acids is 1. The van der Waals surface area contributed by atoms with Crippen molar-refractivity contribution >= 4 is 11.8 Å². The average Bonchev–Trinajstić information content (AvgIpc) is 2.58. The van der Waals surface area contributed by atoms with E-state index < -0.39 is 17.4 Å². The van der Waals surface area contributed by atoms with Crippen molar-refractivity contribution in [2.45, 2.75) is 12.5 Å². The lowest BCUT2D eigenvalue weighted by atomic mass is 9.94. The van der Waals surface area contributed by atoms with E-state index in [2.05, 4.69) is 4.98 Å². The summed E-state index contributed by atoms with van der Waals surface area (Å²) in [6.07, 6.45) is 4.05. The monoisotopic (exact) mass is 219 g/mol. The van der Waals surface area contributed by atoms with E-state index in [4.69, 9.17) is 9.84 Å². The number of rotatable bonds is 2. The molecule has 1 atom stereocenters. The molecule has 0 amide bonds. The van der Waals surface area contributed by atoms with E-state index in [1.807, 2.05) is 0 Å². The van der Waals surface area contributed by atoms with Crippen molar-refractivity contribution in [2.24, 2.45) is 0 Å². The maximum atomic E-state index is 11.7. The zero-order valence-electron chi connectivity index (χ0n) is 8.51. The van der Waals surface area contributed by atoms with Crippen molar-refractivity contribution < 1.29 is 19.4 Å². The zero-order valence-corrected chi connectivity index (χ0v) is 8.51. The first-order valence-electron chi connectivity index (χ1n) is 4.63. The third kappa shape index (κ3) is 1.46. The van der Waals surface area contributed by atoms with Gasteiger partial charge in [-0.15, -0.1) is 0 Å². The van der Waals surface area contributed by atoms with Crippen molar-refractivity contribution in [1.29, 1.82) is 0 Å². The van der Waals surface area contributed by atoms with Crippen molar-refractivity contribution in [3.63, 3.8) is 0 Å². The van der Waals surface area contributed by atoms with Crippen LogP contribution in [0.15, 0.2) is 36.4 Å². The predicted molar refractivity (Wildman–Crippen MR) is 53.4 cm³/mol. The average molecular weight is 219 g/mol. The summed E-state index contributed by atoms with van der Waals surface area (Å²) >= 11 is 0. The highest BCUT2D eigenvalue weighted by Gasteiger charge is 2.43. The van der Waals surface area contributed by atoms with Crippen molar-refractivity contribution in [1.82, 2.24) is 4.98 Å². The van der Waals surface area contributed by atoms with Crippen molar-refractivity contribution in [2.75, 3.05) is 0 Å². The van der Waals surface area contributed by atoms with Crippen LogP contribution in [0.1, 0.15) is 12.5 Å². The number of ether oxygens (including phenoxy) is 1. The predicted octanol–water partition coefficient (Wildman–Crippen LogP) is 0.865. The number of carboxylic acids is 1. The molecule has 2 heterocycles. The van der Waals surface area contributed by atoms with Crippen LogP contribution in [0.2, 0.25) is 0 Å². The van der Waals surface area contributed by atoms with E-state index in [-0.39, 0.29) is 5.76 Å². The highest BCUT2D eigenvalue weighted by molar-refractivity contribution is 6.05. The highest BCUT2D eigenvalue weighted by atomic mass is 16.5. The molecule has 2 rings (SSSR count). The summed E-state index contributed by atoms with van der Waals surface area (Å²) in [5.74, 6) is -1.98. The van der Waals surface area contributed by atoms with Crippen LogP contribution in [0, 0.1) is 0 Å². The van der Waals surface area contributed by atoms with Gasteiger partial charge in [-0.25, -0.2) is 4.79 Å². The number of hydrogen-bond donors (Lipinski definition) is 1. The molecule has 1 aromatic heterocycles. The molecule has 0 bridgehead atoms. The minimum Gasteiger partial charge on any atom is -0.475 e. The van der Waals surface area contributed by atoms with Crippen LogP contribution in [-0.2, 0) is 19.9 Å². The minimum absolute atomic E-state index is 0.337. The number of pyridine rings is 1. The highest BCUT2D eigenvalue weighted by Crippen LogP contribution is 2.34. The van der Waals surface area contributed by atoms with Crippen molar-refractivity contribution in [3.8, 4) is 0 Å². The Labute approximate surface area is 91.4 Å². The van der Waals surface area contributed by atoms with Crippen LogP contribution >= 0.6 is 0 Å². The Kier molecular flexibility index (Phi) is 2.23. The Hall–Kier alpha value is -2.17. The summed E-state index contributed by atoms with van der Waals surface area (Å²) < 4.78 is 5.18. The van der Waals surface area contributed by atoms with E-state index in [1.165, 1.54) is 13.1 Å². The first kappa shape index (κ1) is 10.4. The van der Waals surface area contributed by atoms with Gasteiger partial charge < -0.3 is 9.84 Å². The molecular weight excluding hydrogens is 210 g/mol. The Morgan fingerprint density at radius 3 is 2.81 bits per heavy atom. The van der Waals surface area contributed by atoms with Gasteiger partial charge in [0.05, 0.1) is 0 Å². The van der Waals surface area contributed by atoms with Gasteiger partial charge in [-0.2, -0.15) is 0 Å². The number of carboxylic acid groups (broad SMARTS) is 1. The molecule has 0 saturated carbocycles. The molecule has 0 radical (unpaired) electrons. The lowest BCUT2D eigenvalue weighted by Gasteiger charge is -2.22. The molecular formula is C11H9NO4. The second-order valence-corrected chi connectivity index (χ2v) is 3.56. The molecule has 1 aliphatic rings. The molecule has 0 aliphatic carbocycles. The van der Waals surface area contributed by atoms with Gasteiger partial charge in [-0.05, 0) is 13.0 Å². The molecule has 0 aromatic carbocycles. The summed E-state index contributed by atoms with van der Waals surface area (Å²) in [6, 6.07) is 3.33. The van der Waals surface area contributed by atoms with Gasteiger partial charge in [0.1, 0.15) is 0 Å². The van der Waals surface area contributed by atoms with E-state index >= 15 is 0 Å². The summed E-state index contributed by atoms with van der Waals surface area (Å²) in [5.41, 5.74) is -0.741. The van der Waals surface area contributed by atoms with Crippen LogP contribution in [0.25, 0.3) is 0 Å². The van der Waals surface area contributed by atoms with Crippen LogP contribution in [0.3, 0.4) is 0 Å². The number of aromatic nitrogens is 1. The van der Waals surface area contributed by atoms with Gasteiger partial charge in [0.15, 0.2) is 5.60 Å². The number of carbonyl (C=O) groups excluding carboxylic acids is 1. The number of nitrogens with zero attached hydrogens (tertiary/aromatic N) is 1. The Morgan fingerprint density at radius 1 is 1.56 bits per heavy atom. The summed E-state index contributed by atoms with van der Waals surface area (Å²) in [6.45, 7) is 1.53. The standard InChI is InChI=1S/C11H9NO4/c1-11(7-3-2-4-12-6-7)9(13)5-8(16-11)10(14)15/h2-6H,1H3,(H,14,15). The third-order valence-corrected chi connectivity index (χ3v) is 2.47. The topological polar surface area (TPSA) is 76.5 Å². The van der Waals surface area contributed by atoms with Gasteiger partial charge in [0.25, 0.3) is 0 Å². The molecule has 1 aliphatic heterocycles. The summed E-state index contributed by atoms with van der Waals surface area (Å²) in [5, 5.41) is 8.75. The lowest BCUT2D eigenvalue weighted by Crippen LogP contribution is -2.30. The second-order valence-electron chi connectivity index (χ2n) is 3.56. The summed E-state index contributed by atoms with van der Waals surface area (Å²) in [7, 11) is 0. The molecule has 16 heavy (non-hydrogen) atoms. The van der Waals surface area contributed by atoms with Gasteiger partial charge in [-0.3, -0.25) is 9.78 Å². The first-order valence-corrected chi connectivity index (χ1v) is 4.63. The molecule has 1 unspecified atom stereocenters. The molecule has 0 saturated heterocycles. The number of carbonyl (C=O) groups is 2. The maximum Gasteiger partial charge on any atom is 0.371 e. The van der Waals surface area contributed by atoms with Crippen LogP contribution in [-0.4, -0.2) is 21.8 Å². The van der Waals surface area contributed by atoms with E-state index in [1.54, 1.807) is 18.3 Å². The van der Waals surface area contributed by atoms with Gasteiger partial charge in [0, 0.05) is 24.0 Å². The Bertz CT molecular complexity index is 480. The van der Waals surface area contributed by atoms with Gasteiger partial charge in [-0.1, -0.05) is 6.07 Å². The van der Waals surface area contributed by atoms with Crippen LogP contribution in [0.5, 0.6) is 0 Å². The fraction of sp³-hybridized carbons (Fsp3) is 0.182. The van der Waals surface area contributed by atoms with Crippen molar-refractivity contribution in [3.05, 3.63) is 41.9 Å². The summed E-state index contributed by atoms with van der Waals surface area (Å²) in [4.78, 5) is 26.3. The molecule has 5 heteroatoms. The lowest BCUT2D eigenvalue weighted by molar-refractivity contribution is -0.141. The number of ketones is 1. The molecule has 1 aromatic rings. The zero-order chi connectivity index (χ0) is 11.8. The second kappa shape index (κ2) is 3.44. The molecule has 0 spiro atoms.